The molecule has 2 N–H and O–H groups in total. The molecule has 8 atom stereocenters. The van der Waals surface area contributed by atoms with Crippen LogP contribution in [0.3, 0.4) is 0 Å². The highest BCUT2D eigenvalue weighted by Gasteiger charge is 2.64. The topological polar surface area (TPSA) is 99.7 Å². The number of nitriles is 1. The summed E-state index contributed by atoms with van der Waals surface area (Å²) in [5, 5.41) is 9.51. The molecular formula is C22H32N4O3. The molecule has 158 valence electrons. The van der Waals surface area contributed by atoms with E-state index >= 15 is 0 Å². The normalized spacial score (nSPS) is 45.1. The molecule has 29 heavy (non-hydrogen) atoms. The third-order valence-corrected chi connectivity index (χ3v) is 8.26. The van der Waals surface area contributed by atoms with Crippen molar-refractivity contribution in [2.75, 3.05) is 20.6 Å². The lowest BCUT2D eigenvalue weighted by Crippen LogP contribution is -2.65. The van der Waals surface area contributed by atoms with Gasteiger partial charge in [-0.3, -0.25) is 14.5 Å². The van der Waals surface area contributed by atoms with Gasteiger partial charge in [-0.15, -0.1) is 0 Å². The van der Waals surface area contributed by atoms with Crippen LogP contribution in [-0.2, 0) is 14.3 Å². The van der Waals surface area contributed by atoms with Gasteiger partial charge in [-0.25, -0.2) is 0 Å². The van der Waals surface area contributed by atoms with Crippen LogP contribution in [0.5, 0.6) is 0 Å². The van der Waals surface area contributed by atoms with E-state index in [0.717, 1.165) is 44.9 Å². The minimum Gasteiger partial charge on any atom is -0.458 e. The first kappa shape index (κ1) is 19.3. The van der Waals surface area contributed by atoms with Crippen molar-refractivity contribution < 1.29 is 14.3 Å². The SMILES string of the molecule is CN(C)CC(=O)OC12CC3C[C@H](C1)CC([C@H](N)C(=O)N1C4CC4C[C@H]1C#N)(C3)C2. The molecule has 0 aromatic carbocycles. The molecule has 4 bridgehead atoms. The first-order chi connectivity index (χ1) is 13.7. The van der Waals surface area contributed by atoms with E-state index < -0.39 is 11.6 Å². The van der Waals surface area contributed by atoms with Gasteiger partial charge in [0.2, 0.25) is 5.91 Å². The predicted octanol–water partition coefficient (Wildman–Crippen LogP) is 1.27. The number of hydrogen-bond donors (Lipinski definition) is 1. The Morgan fingerprint density at radius 3 is 2.52 bits per heavy atom. The molecule has 7 heteroatoms. The van der Waals surface area contributed by atoms with Crippen molar-refractivity contribution in [2.45, 2.75) is 75.1 Å². The standard InChI is InChI=1S/C22H32N4O3/c1-25(2)11-18(27)29-22-8-13-3-14(9-22)7-21(6-13,12-22)19(24)20(28)26-16(10-23)4-15-5-17(15)26/h13-17,19H,3-9,11-12,24H2,1-2H3/t13-,14?,15?,16-,17?,19+,21?,22?/m0/s1. The lowest BCUT2D eigenvalue weighted by Gasteiger charge is -2.62. The minimum atomic E-state index is -0.601. The lowest BCUT2D eigenvalue weighted by atomic mass is 9.46. The molecule has 1 saturated heterocycles. The van der Waals surface area contributed by atoms with Crippen LogP contribution in [-0.4, -0.2) is 66.0 Å². The maximum absolute atomic E-state index is 13.5. The third kappa shape index (κ3) is 3.07. The Morgan fingerprint density at radius 2 is 1.90 bits per heavy atom. The van der Waals surface area contributed by atoms with E-state index in [2.05, 4.69) is 6.07 Å². The molecule has 0 aromatic rings. The summed E-state index contributed by atoms with van der Waals surface area (Å²) < 4.78 is 6.10. The summed E-state index contributed by atoms with van der Waals surface area (Å²) >= 11 is 0. The van der Waals surface area contributed by atoms with Gasteiger partial charge < -0.3 is 15.4 Å². The minimum absolute atomic E-state index is 0.0433. The molecule has 7 nitrogen and oxygen atoms in total. The van der Waals surface area contributed by atoms with Gasteiger partial charge in [0.1, 0.15) is 11.6 Å². The van der Waals surface area contributed by atoms with E-state index in [1.54, 1.807) is 4.90 Å². The summed E-state index contributed by atoms with van der Waals surface area (Å²) in [6, 6.07) is 1.61. The van der Waals surface area contributed by atoms with Gasteiger partial charge >= 0.3 is 5.97 Å². The zero-order valence-corrected chi connectivity index (χ0v) is 17.5. The van der Waals surface area contributed by atoms with Crippen LogP contribution in [0.1, 0.15) is 51.4 Å². The van der Waals surface area contributed by atoms with Gasteiger partial charge in [0, 0.05) is 6.04 Å². The number of piperidine rings is 1. The monoisotopic (exact) mass is 400 g/mol. The lowest BCUT2D eigenvalue weighted by molar-refractivity contribution is -0.206. The zero-order chi connectivity index (χ0) is 20.6. The quantitative estimate of drug-likeness (QED) is 0.698. The van der Waals surface area contributed by atoms with Crippen LogP contribution in [0.2, 0.25) is 0 Å². The number of rotatable bonds is 5. The second-order valence-electron chi connectivity index (χ2n) is 10.9. The number of carbonyl (C=O) groups excluding carboxylic acids is 2. The third-order valence-electron chi connectivity index (χ3n) is 8.26. The molecule has 0 radical (unpaired) electrons. The second-order valence-corrected chi connectivity index (χ2v) is 10.9. The maximum atomic E-state index is 13.5. The van der Waals surface area contributed by atoms with E-state index in [1.165, 1.54) is 0 Å². The Labute approximate surface area is 172 Å². The van der Waals surface area contributed by atoms with E-state index in [1.807, 2.05) is 19.0 Å². The van der Waals surface area contributed by atoms with Crippen molar-refractivity contribution in [3.8, 4) is 6.07 Å². The Morgan fingerprint density at radius 1 is 1.21 bits per heavy atom. The molecule has 0 spiro atoms. The summed E-state index contributed by atoms with van der Waals surface area (Å²) in [4.78, 5) is 29.6. The van der Waals surface area contributed by atoms with Crippen LogP contribution in [0.15, 0.2) is 0 Å². The average Bonchev–Trinajstić information content (AvgIpc) is 3.28. The predicted molar refractivity (Wildman–Crippen MR) is 105 cm³/mol. The van der Waals surface area contributed by atoms with Crippen LogP contribution in [0.25, 0.3) is 0 Å². The van der Waals surface area contributed by atoms with Gasteiger partial charge in [-0.2, -0.15) is 5.26 Å². The maximum Gasteiger partial charge on any atom is 0.320 e. The van der Waals surface area contributed by atoms with Crippen molar-refractivity contribution in [3.63, 3.8) is 0 Å². The summed E-state index contributed by atoms with van der Waals surface area (Å²) in [5.74, 6) is 1.21. The highest BCUT2D eigenvalue weighted by Crippen LogP contribution is 2.64. The molecule has 6 aliphatic rings. The number of nitrogens with two attached hydrogens (primary N) is 1. The Kier molecular flexibility index (Phi) is 4.28. The smallest absolute Gasteiger partial charge is 0.320 e. The molecule has 1 aliphatic heterocycles. The second kappa shape index (κ2) is 6.42. The molecule has 5 saturated carbocycles. The number of likely N-dealkylation sites (N-methyl/N-ethyl adjacent to an activating group) is 1. The van der Waals surface area contributed by atoms with Crippen molar-refractivity contribution in [3.05, 3.63) is 0 Å². The number of hydrogen-bond acceptors (Lipinski definition) is 6. The number of esters is 1. The summed E-state index contributed by atoms with van der Waals surface area (Å²) in [6.07, 6.45) is 7.36. The molecule has 5 aliphatic carbocycles. The Balaban J connectivity index is 1.38. The average molecular weight is 401 g/mol. The van der Waals surface area contributed by atoms with Gasteiger partial charge in [-0.1, -0.05) is 0 Å². The van der Waals surface area contributed by atoms with Gasteiger partial charge in [0.05, 0.1) is 18.7 Å². The van der Waals surface area contributed by atoms with E-state index in [4.69, 9.17) is 10.5 Å². The van der Waals surface area contributed by atoms with Crippen LogP contribution < -0.4 is 5.73 Å². The van der Waals surface area contributed by atoms with E-state index in [0.29, 0.717) is 24.2 Å². The first-order valence-electron chi connectivity index (χ1n) is 11.1. The van der Waals surface area contributed by atoms with Gasteiger partial charge in [0.25, 0.3) is 0 Å². The fraction of sp³-hybridized carbons (Fsp3) is 0.864. The molecule has 1 amide bonds. The number of amides is 1. The molecule has 6 rings (SSSR count). The van der Waals surface area contributed by atoms with Crippen molar-refractivity contribution >= 4 is 11.9 Å². The summed E-state index contributed by atoms with van der Waals surface area (Å²) in [7, 11) is 3.73. The number of carbonyl (C=O) groups is 2. The Bertz CT molecular complexity index is 761. The first-order valence-corrected chi connectivity index (χ1v) is 11.1. The van der Waals surface area contributed by atoms with Crippen LogP contribution >= 0.6 is 0 Å². The number of likely N-dealkylation sites (tertiary alicyclic amines) is 1. The fourth-order valence-corrected chi connectivity index (χ4v) is 7.57. The fourth-order valence-electron chi connectivity index (χ4n) is 7.57. The molecule has 5 unspecified atom stereocenters. The zero-order valence-electron chi connectivity index (χ0n) is 17.5. The van der Waals surface area contributed by atoms with E-state index in [9.17, 15) is 14.9 Å². The molecule has 1 heterocycles. The van der Waals surface area contributed by atoms with E-state index in [-0.39, 0.29) is 35.9 Å². The summed E-state index contributed by atoms with van der Waals surface area (Å²) in [5.41, 5.74) is 5.95. The highest BCUT2D eigenvalue weighted by molar-refractivity contribution is 5.84. The molecule has 0 aromatic heterocycles. The number of nitrogens with zero attached hydrogens (tertiary/aromatic N) is 3. The molecule has 6 fully saturated rings. The number of ether oxygens (including phenoxy) is 1. The van der Waals surface area contributed by atoms with Crippen LogP contribution in [0.4, 0.5) is 0 Å². The van der Waals surface area contributed by atoms with Gasteiger partial charge in [0.15, 0.2) is 0 Å². The van der Waals surface area contributed by atoms with Gasteiger partial charge in [-0.05, 0) is 88.6 Å². The van der Waals surface area contributed by atoms with Crippen molar-refractivity contribution in [2.24, 2.45) is 28.9 Å². The van der Waals surface area contributed by atoms with Crippen molar-refractivity contribution in [1.29, 1.82) is 5.26 Å². The highest BCUT2D eigenvalue weighted by atomic mass is 16.6. The van der Waals surface area contributed by atoms with Crippen molar-refractivity contribution in [1.82, 2.24) is 9.80 Å². The van der Waals surface area contributed by atoms with Crippen LogP contribution in [0, 0.1) is 34.5 Å². The Hall–Kier alpha value is -1.65. The number of fused-ring (bicyclic) bond motifs is 1. The largest absolute Gasteiger partial charge is 0.458 e. The molecular weight excluding hydrogens is 368 g/mol. The summed E-state index contributed by atoms with van der Waals surface area (Å²) in [6.45, 7) is 0.274.